The minimum atomic E-state index is -0.407. The Morgan fingerprint density at radius 2 is 2.11 bits per heavy atom. The molecule has 1 aromatic carbocycles. The molecule has 3 nitrogen and oxygen atoms in total. The van der Waals surface area contributed by atoms with Crippen LogP contribution in [0.2, 0.25) is 0 Å². The first-order valence-electron chi connectivity index (χ1n) is 6.47. The predicted molar refractivity (Wildman–Crippen MR) is 71.5 cm³/mol. The van der Waals surface area contributed by atoms with Crippen LogP contribution in [0.5, 0.6) is 5.75 Å². The van der Waals surface area contributed by atoms with Crippen molar-refractivity contribution < 1.29 is 14.3 Å². The molecule has 0 N–H and O–H groups in total. The highest BCUT2D eigenvalue weighted by atomic mass is 16.5. The largest absolute Gasteiger partial charge is 0.497 e. The molecule has 1 atom stereocenters. The smallest absolute Gasteiger partial charge is 0.170 e. The molecule has 0 fully saturated rings. The van der Waals surface area contributed by atoms with Gasteiger partial charge in [0.2, 0.25) is 0 Å². The molecule has 3 heteroatoms. The normalized spacial score (nSPS) is 24.5. The van der Waals surface area contributed by atoms with Crippen molar-refractivity contribution in [2.45, 2.75) is 26.2 Å². The van der Waals surface area contributed by atoms with E-state index in [-0.39, 0.29) is 11.6 Å². The van der Waals surface area contributed by atoms with Crippen molar-refractivity contribution in [1.29, 1.82) is 0 Å². The van der Waals surface area contributed by atoms with Gasteiger partial charge in [-0.25, -0.2) is 0 Å². The third kappa shape index (κ3) is 1.72. The summed E-state index contributed by atoms with van der Waals surface area (Å²) in [5.41, 5.74) is 2.23. The topological polar surface area (TPSA) is 43.4 Å². The third-order valence-electron chi connectivity index (χ3n) is 4.29. The van der Waals surface area contributed by atoms with Gasteiger partial charge in [0.15, 0.2) is 11.6 Å². The molecule has 0 amide bonds. The summed E-state index contributed by atoms with van der Waals surface area (Å²) in [6.07, 6.45) is 3.91. The van der Waals surface area contributed by atoms with E-state index in [0.717, 1.165) is 22.4 Å². The molecular weight excluding hydrogens is 240 g/mol. The van der Waals surface area contributed by atoms with E-state index in [2.05, 4.69) is 0 Å². The van der Waals surface area contributed by atoms with E-state index in [1.54, 1.807) is 14.0 Å². The summed E-state index contributed by atoms with van der Waals surface area (Å²) in [5.74, 6) is 1.04. The molecule has 19 heavy (non-hydrogen) atoms. The van der Waals surface area contributed by atoms with Crippen molar-refractivity contribution in [3.8, 4) is 5.75 Å². The first-order chi connectivity index (χ1) is 9.05. The minimum absolute atomic E-state index is 0.0817. The van der Waals surface area contributed by atoms with Gasteiger partial charge in [-0.15, -0.1) is 0 Å². The van der Waals surface area contributed by atoms with Crippen molar-refractivity contribution in [3.63, 3.8) is 0 Å². The van der Waals surface area contributed by atoms with Crippen LogP contribution < -0.4 is 4.74 Å². The van der Waals surface area contributed by atoms with Crippen LogP contribution in [-0.2, 0) is 11.2 Å². The molecule has 2 aliphatic rings. The van der Waals surface area contributed by atoms with E-state index in [9.17, 15) is 9.59 Å². The Balaban J connectivity index is 1.94. The standard InChI is InChI=1S/C16H16O3/c1-10(17)11-5-6-16(8-11)9-12-7-13(19-2)3-4-14(12)15(16)18/h3-5,7H,6,8-9H2,1-2H3/t16-/m1/s1. The summed E-state index contributed by atoms with van der Waals surface area (Å²) in [6, 6.07) is 5.61. The van der Waals surface area contributed by atoms with Crippen molar-refractivity contribution in [2.24, 2.45) is 5.41 Å². The lowest BCUT2D eigenvalue weighted by atomic mass is 9.80. The highest BCUT2D eigenvalue weighted by Crippen LogP contribution is 2.48. The number of benzene rings is 1. The van der Waals surface area contributed by atoms with Gasteiger partial charge in [0, 0.05) is 11.0 Å². The van der Waals surface area contributed by atoms with Gasteiger partial charge in [-0.05, 0) is 55.5 Å². The van der Waals surface area contributed by atoms with Gasteiger partial charge >= 0.3 is 0 Å². The van der Waals surface area contributed by atoms with Gasteiger partial charge in [0.05, 0.1) is 7.11 Å². The number of carbonyl (C=O) groups excluding carboxylic acids is 2. The number of fused-ring (bicyclic) bond motifs is 1. The lowest BCUT2D eigenvalue weighted by Crippen LogP contribution is -2.25. The molecule has 3 rings (SSSR count). The maximum Gasteiger partial charge on any atom is 0.170 e. The molecule has 0 unspecified atom stereocenters. The molecule has 0 aliphatic heterocycles. The number of carbonyl (C=O) groups is 2. The van der Waals surface area contributed by atoms with Crippen LogP contribution in [0.1, 0.15) is 35.7 Å². The van der Waals surface area contributed by atoms with E-state index in [4.69, 9.17) is 4.74 Å². The Hall–Kier alpha value is -1.90. The zero-order valence-electron chi connectivity index (χ0n) is 11.2. The van der Waals surface area contributed by atoms with Crippen molar-refractivity contribution in [2.75, 3.05) is 7.11 Å². The van der Waals surface area contributed by atoms with Crippen molar-refractivity contribution >= 4 is 11.6 Å². The van der Waals surface area contributed by atoms with Crippen LogP contribution in [0.25, 0.3) is 0 Å². The average Bonchev–Trinajstić information content (AvgIpc) is 2.94. The molecule has 0 bridgehead atoms. The van der Waals surface area contributed by atoms with Crippen molar-refractivity contribution in [1.82, 2.24) is 0 Å². The number of Topliss-reactive ketones (excluding diaryl/α,β-unsaturated/α-hetero) is 2. The molecule has 1 spiro atoms. The molecule has 2 aliphatic carbocycles. The van der Waals surface area contributed by atoms with Gasteiger partial charge in [-0.1, -0.05) is 6.08 Å². The zero-order chi connectivity index (χ0) is 13.6. The summed E-state index contributed by atoms with van der Waals surface area (Å²) in [5, 5.41) is 0. The van der Waals surface area contributed by atoms with Gasteiger partial charge in [0.1, 0.15) is 5.75 Å². The summed E-state index contributed by atoms with van der Waals surface area (Å²) >= 11 is 0. The first kappa shape index (κ1) is 12.2. The Morgan fingerprint density at radius 1 is 1.32 bits per heavy atom. The quantitative estimate of drug-likeness (QED) is 0.817. The van der Waals surface area contributed by atoms with Gasteiger partial charge in [-0.2, -0.15) is 0 Å². The fraction of sp³-hybridized carbons (Fsp3) is 0.375. The number of hydrogen-bond acceptors (Lipinski definition) is 3. The summed E-state index contributed by atoms with van der Waals surface area (Å²) in [6.45, 7) is 1.57. The number of allylic oxidation sites excluding steroid dienone is 2. The van der Waals surface area contributed by atoms with Crippen molar-refractivity contribution in [3.05, 3.63) is 41.0 Å². The van der Waals surface area contributed by atoms with E-state index in [0.29, 0.717) is 19.3 Å². The average molecular weight is 256 g/mol. The van der Waals surface area contributed by atoms with E-state index < -0.39 is 5.41 Å². The zero-order valence-corrected chi connectivity index (χ0v) is 11.2. The summed E-state index contributed by atoms with van der Waals surface area (Å²) in [4.78, 5) is 24.1. The van der Waals surface area contributed by atoms with Crippen LogP contribution in [0.15, 0.2) is 29.8 Å². The maximum absolute atomic E-state index is 12.6. The Labute approximate surface area is 112 Å². The molecule has 0 saturated carbocycles. The number of hydrogen-bond donors (Lipinski definition) is 0. The molecule has 0 heterocycles. The number of methoxy groups -OCH3 is 1. The molecule has 0 saturated heterocycles. The lowest BCUT2D eigenvalue weighted by molar-refractivity contribution is -0.113. The van der Waals surface area contributed by atoms with Crippen LogP contribution in [0, 0.1) is 5.41 Å². The van der Waals surface area contributed by atoms with E-state index >= 15 is 0 Å². The summed E-state index contributed by atoms with van der Waals surface area (Å²) < 4.78 is 5.21. The molecular formula is C16H16O3. The fourth-order valence-corrected chi connectivity index (χ4v) is 3.20. The summed E-state index contributed by atoms with van der Waals surface area (Å²) in [7, 11) is 1.62. The van der Waals surface area contributed by atoms with Crippen LogP contribution in [0.4, 0.5) is 0 Å². The highest BCUT2D eigenvalue weighted by molar-refractivity contribution is 6.07. The molecule has 98 valence electrons. The minimum Gasteiger partial charge on any atom is -0.497 e. The molecule has 1 aromatic rings. The SMILES string of the molecule is COc1ccc2c(c1)C[C@]1(CC=C(C(C)=O)C1)C2=O. The molecule has 0 radical (unpaired) electrons. The molecule has 0 aromatic heterocycles. The van der Waals surface area contributed by atoms with Gasteiger partial charge < -0.3 is 4.74 Å². The second-order valence-electron chi connectivity index (χ2n) is 5.48. The van der Waals surface area contributed by atoms with Crippen LogP contribution >= 0.6 is 0 Å². The monoisotopic (exact) mass is 256 g/mol. The second-order valence-corrected chi connectivity index (χ2v) is 5.48. The fourth-order valence-electron chi connectivity index (χ4n) is 3.20. The second kappa shape index (κ2) is 4.05. The van der Waals surface area contributed by atoms with Gasteiger partial charge in [-0.3, -0.25) is 9.59 Å². The number of rotatable bonds is 2. The Bertz CT molecular complexity index is 612. The lowest BCUT2D eigenvalue weighted by Gasteiger charge is -2.20. The highest BCUT2D eigenvalue weighted by Gasteiger charge is 2.48. The van der Waals surface area contributed by atoms with Crippen LogP contribution in [0.3, 0.4) is 0 Å². The Kier molecular flexibility index (Phi) is 2.59. The van der Waals surface area contributed by atoms with E-state index in [1.807, 2.05) is 24.3 Å². The number of ketones is 2. The predicted octanol–water partition coefficient (Wildman–Crippen LogP) is 2.73. The van der Waals surface area contributed by atoms with Gasteiger partial charge in [0.25, 0.3) is 0 Å². The maximum atomic E-state index is 12.6. The van der Waals surface area contributed by atoms with Crippen LogP contribution in [-0.4, -0.2) is 18.7 Å². The Morgan fingerprint density at radius 3 is 2.74 bits per heavy atom. The third-order valence-corrected chi connectivity index (χ3v) is 4.29. The number of ether oxygens (including phenoxy) is 1. The van der Waals surface area contributed by atoms with E-state index in [1.165, 1.54) is 0 Å². The first-order valence-corrected chi connectivity index (χ1v) is 6.47.